The Balaban J connectivity index is 2.28. The Kier molecular flexibility index (Phi) is 5.84. The van der Waals surface area contributed by atoms with Crippen molar-refractivity contribution in [2.24, 2.45) is 0 Å². The van der Waals surface area contributed by atoms with Crippen molar-refractivity contribution < 1.29 is 23.4 Å². The van der Waals surface area contributed by atoms with Crippen LogP contribution in [0.25, 0.3) is 0 Å². The molecule has 1 fully saturated rings. The highest BCUT2D eigenvalue weighted by molar-refractivity contribution is 9.10. The van der Waals surface area contributed by atoms with Crippen molar-refractivity contribution in [1.29, 1.82) is 0 Å². The number of anilines is 1. The number of aliphatic hydroxyl groups excluding tert-OH is 1. The Bertz CT molecular complexity index is 674. The van der Waals surface area contributed by atoms with E-state index in [9.17, 15) is 13.2 Å². The van der Waals surface area contributed by atoms with Gasteiger partial charge in [0.25, 0.3) is 0 Å². The van der Waals surface area contributed by atoms with E-state index in [0.29, 0.717) is 31.9 Å². The smallest absolute Gasteiger partial charge is 0.407 e. The van der Waals surface area contributed by atoms with Crippen molar-refractivity contribution >= 4 is 37.7 Å². The summed E-state index contributed by atoms with van der Waals surface area (Å²) in [6, 6.07) is 4.82. The molecule has 0 atom stereocenters. The number of piperazine rings is 1. The van der Waals surface area contributed by atoms with Crippen LogP contribution in [0.15, 0.2) is 27.6 Å². The summed E-state index contributed by atoms with van der Waals surface area (Å²) in [7, 11) is -3.75. The molecule has 3 N–H and O–H groups in total. The second-order valence-electron chi connectivity index (χ2n) is 4.99. The van der Waals surface area contributed by atoms with Gasteiger partial charge in [-0.3, -0.25) is 0 Å². The number of benzene rings is 1. The molecule has 10 heteroatoms. The molecule has 0 aromatic heterocycles. The van der Waals surface area contributed by atoms with Gasteiger partial charge >= 0.3 is 6.09 Å². The lowest BCUT2D eigenvalue weighted by Crippen LogP contribution is -2.48. The van der Waals surface area contributed by atoms with Gasteiger partial charge in [0.15, 0.2) is 0 Å². The molecule has 1 saturated heterocycles. The van der Waals surface area contributed by atoms with E-state index < -0.39 is 16.1 Å². The Morgan fingerprint density at radius 1 is 1.26 bits per heavy atom. The maximum atomic E-state index is 12.4. The number of halogens is 1. The van der Waals surface area contributed by atoms with Gasteiger partial charge in [-0.05, 0) is 18.2 Å². The SMILES string of the molecule is O=C(O)N1CCN(c2cc(Br)ccc2S(=O)(=O)NCCO)CC1. The van der Waals surface area contributed by atoms with E-state index in [1.54, 1.807) is 12.1 Å². The van der Waals surface area contributed by atoms with Crippen molar-refractivity contribution in [3.8, 4) is 0 Å². The van der Waals surface area contributed by atoms with E-state index in [-0.39, 0.29) is 18.0 Å². The maximum absolute atomic E-state index is 12.4. The first-order chi connectivity index (χ1) is 10.8. The zero-order valence-corrected chi connectivity index (χ0v) is 14.7. The Morgan fingerprint density at radius 2 is 1.91 bits per heavy atom. The first-order valence-corrected chi connectivity index (χ1v) is 9.25. The van der Waals surface area contributed by atoms with Gasteiger partial charge in [0.05, 0.1) is 12.3 Å². The molecule has 0 aliphatic carbocycles. The molecule has 2 rings (SSSR count). The lowest BCUT2D eigenvalue weighted by atomic mass is 10.2. The van der Waals surface area contributed by atoms with Gasteiger partial charge in [0, 0.05) is 37.2 Å². The fourth-order valence-electron chi connectivity index (χ4n) is 2.36. The fraction of sp³-hybridized carbons (Fsp3) is 0.462. The zero-order valence-electron chi connectivity index (χ0n) is 12.3. The third-order valence-corrected chi connectivity index (χ3v) is 5.51. The Hall–Kier alpha value is -1.36. The minimum absolute atomic E-state index is 0.0649. The van der Waals surface area contributed by atoms with E-state index in [1.807, 2.05) is 4.90 Å². The standard InChI is InChI=1S/C13H18BrN3O5S/c14-10-1-2-12(23(21,22)15-3-8-18)11(9-10)16-4-6-17(7-5-16)13(19)20/h1-2,9,15,18H,3-8H2,(H,19,20). The van der Waals surface area contributed by atoms with Gasteiger partial charge in [-0.15, -0.1) is 0 Å². The monoisotopic (exact) mass is 407 g/mol. The van der Waals surface area contributed by atoms with E-state index in [1.165, 1.54) is 11.0 Å². The van der Waals surface area contributed by atoms with Crippen molar-refractivity contribution in [3.05, 3.63) is 22.7 Å². The predicted octanol–water partition coefficient (Wildman–Crippen LogP) is 0.520. The summed E-state index contributed by atoms with van der Waals surface area (Å²) in [6.07, 6.45) is -0.976. The number of hydrogen-bond acceptors (Lipinski definition) is 5. The van der Waals surface area contributed by atoms with Crippen LogP contribution in [-0.4, -0.2) is 69.0 Å². The maximum Gasteiger partial charge on any atom is 0.407 e. The van der Waals surface area contributed by atoms with Crippen LogP contribution in [0.4, 0.5) is 10.5 Å². The Morgan fingerprint density at radius 3 is 2.48 bits per heavy atom. The van der Waals surface area contributed by atoms with E-state index in [4.69, 9.17) is 10.2 Å². The van der Waals surface area contributed by atoms with Crippen molar-refractivity contribution in [2.45, 2.75) is 4.90 Å². The van der Waals surface area contributed by atoms with Gasteiger partial charge < -0.3 is 20.0 Å². The molecule has 1 aliphatic rings. The highest BCUT2D eigenvalue weighted by Crippen LogP contribution is 2.29. The Labute approximate surface area is 142 Å². The van der Waals surface area contributed by atoms with Gasteiger partial charge in [-0.25, -0.2) is 17.9 Å². The average Bonchev–Trinajstić information content (AvgIpc) is 2.52. The quantitative estimate of drug-likeness (QED) is 0.656. The topological polar surface area (TPSA) is 110 Å². The summed E-state index contributed by atoms with van der Waals surface area (Å²) < 4.78 is 27.8. The third kappa shape index (κ3) is 4.34. The van der Waals surface area contributed by atoms with Crippen LogP contribution < -0.4 is 9.62 Å². The molecule has 1 aromatic rings. The number of carbonyl (C=O) groups is 1. The van der Waals surface area contributed by atoms with Crippen LogP contribution in [0.1, 0.15) is 0 Å². The number of carboxylic acid groups (broad SMARTS) is 1. The molecule has 1 amide bonds. The van der Waals surface area contributed by atoms with Crippen LogP contribution in [0.3, 0.4) is 0 Å². The zero-order chi connectivity index (χ0) is 17.0. The molecular weight excluding hydrogens is 390 g/mol. The number of nitrogens with zero attached hydrogens (tertiary/aromatic N) is 2. The molecule has 0 unspecified atom stereocenters. The molecule has 0 bridgehead atoms. The fourth-order valence-corrected chi connectivity index (χ4v) is 3.94. The van der Waals surface area contributed by atoms with Gasteiger partial charge in [-0.1, -0.05) is 15.9 Å². The summed E-state index contributed by atoms with van der Waals surface area (Å²) in [5.41, 5.74) is 0.509. The van der Waals surface area contributed by atoms with Crippen LogP contribution in [0.5, 0.6) is 0 Å². The highest BCUT2D eigenvalue weighted by atomic mass is 79.9. The summed E-state index contributed by atoms with van der Waals surface area (Å²) in [4.78, 5) is 14.2. The van der Waals surface area contributed by atoms with Crippen LogP contribution >= 0.6 is 15.9 Å². The number of aliphatic hydroxyl groups is 1. The molecule has 1 aromatic carbocycles. The summed E-state index contributed by atoms with van der Waals surface area (Å²) in [5, 5.41) is 17.8. The van der Waals surface area contributed by atoms with Gasteiger partial charge in [0.2, 0.25) is 10.0 Å². The lowest BCUT2D eigenvalue weighted by Gasteiger charge is -2.35. The molecule has 128 valence electrons. The normalized spacial score (nSPS) is 15.7. The van der Waals surface area contributed by atoms with Crippen molar-refractivity contribution in [2.75, 3.05) is 44.2 Å². The second-order valence-corrected chi connectivity index (χ2v) is 7.64. The van der Waals surface area contributed by atoms with Gasteiger partial charge in [0.1, 0.15) is 4.90 Å². The number of sulfonamides is 1. The molecular formula is C13H18BrN3O5S. The van der Waals surface area contributed by atoms with Crippen LogP contribution in [0.2, 0.25) is 0 Å². The number of hydrogen-bond donors (Lipinski definition) is 3. The van der Waals surface area contributed by atoms with Crippen LogP contribution in [0, 0.1) is 0 Å². The average molecular weight is 408 g/mol. The first kappa shape index (κ1) is 18.0. The van der Waals surface area contributed by atoms with Gasteiger partial charge in [-0.2, -0.15) is 0 Å². The summed E-state index contributed by atoms with van der Waals surface area (Å²) in [5.74, 6) is 0. The lowest BCUT2D eigenvalue weighted by molar-refractivity contribution is 0.142. The molecule has 8 nitrogen and oxygen atoms in total. The van der Waals surface area contributed by atoms with Crippen molar-refractivity contribution in [3.63, 3.8) is 0 Å². The van der Waals surface area contributed by atoms with E-state index >= 15 is 0 Å². The third-order valence-electron chi connectivity index (χ3n) is 3.51. The van der Waals surface area contributed by atoms with Crippen LogP contribution in [-0.2, 0) is 10.0 Å². The molecule has 0 radical (unpaired) electrons. The summed E-state index contributed by atoms with van der Waals surface area (Å²) in [6.45, 7) is 1.08. The van der Waals surface area contributed by atoms with E-state index in [0.717, 1.165) is 4.47 Å². The minimum atomic E-state index is -3.75. The molecule has 1 heterocycles. The van der Waals surface area contributed by atoms with Crippen molar-refractivity contribution in [1.82, 2.24) is 9.62 Å². The number of nitrogens with one attached hydrogen (secondary N) is 1. The minimum Gasteiger partial charge on any atom is -0.465 e. The molecule has 1 aliphatic heterocycles. The first-order valence-electron chi connectivity index (χ1n) is 6.98. The second kappa shape index (κ2) is 7.47. The molecule has 23 heavy (non-hydrogen) atoms. The molecule has 0 spiro atoms. The predicted molar refractivity (Wildman–Crippen MR) is 88.2 cm³/mol. The van der Waals surface area contributed by atoms with E-state index in [2.05, 4.69) is 20.7 Å². The number of rotatable bonds is 5. The number of amides is 1. The summed E-state index contributed by atoms with van der Waals surface area (Å²) >= 11 is 3.33. The largest absolute Gasteiger partial charge is 0.465 e. The highest BCUT2D eigenvalue weighted by Gasteiger charge is 2.26. The molecule has 0 saturated carbocycles.